The first-order chi connectivity index (χ1) is 4.86. The Hall–Kier alpha value is -0.900. The van der Waals surface area contributed by atoms with Gasteiger partial charge in [0.1, 0.15) is 0 Å². The zero-order valence-corrected chi connectivity index (χ0v) is 5.87. The van der Waals surface area contributed by atoms with Crippen LogP contribution in [0.1, 0.15) is 18.6 Å². The molecule has 0 saturated heterocycles. The van der Waals surface area contributed by atoms with E-state index >= 15 is 0 Å². The lowest BCUT2D eigenvalue weighted by Gasteiger charge is -1.82. The van der Waals surface area contributed by atoms with E-state index in [0.29, 0.717) is 18.1 Å². The molecule has 0 aliphatic heterocycles. The molecule has 4 nitrogen and oxygen atoms in total. The third kappa shape index (κ3) is 1.54. The van der Waals surface area contributed by atoms with E-state index in [-0.39, 0.29) is 6.61 Å². The number of nitrogens with zero attached hydrogens (tertiary/aromatic N) is 2. The number of aromatic nitrogens is 2. The summed E-state index contributed by atoms with van der Waals surface area (Å²) in [6, 6.07) is 0. The maximum absolute atomic E-state index is 8.47. The van der Waals surface area contributed by atoms with Crippen molar-refractivity contribution >= 4 is 0 Å². The summed E-state index contributed by atoms with van der Waals surface area (Å²) in [5.41, 5.74) is 0. The van der Waals surface area contributed by atoms with E-state index in [0.717, 1.165) is 6.42 Å². The van der Waals surface area contributed by atoms with Gasteiger partial charge < -0.3 is 9.63 Å². The van der Waals surface area contributed by atoms with Crippen LogP contribution in [-0.2, 0) is 12.8 Å². The molecule has 1 aromatic rings. The molecule has 4 heteroatoms. The summed E-state index contributed by atoms with van der Waals surface area (Å²) in [5, 5.41) is 12.1. The number of aryl methyl sites for hydroxylation is 1. The molecule has 0 unspecified atom stereocenters. The smallest absolute Gasteiger partial charge is 0.228 e. The Labute approximate surface area is 58.9 Å². The third-order valence-corrected chi connectivity index (χ3v) is 1.15. The molecule has 0 amide bonds. The second-order valence-corrected chi connectivity index (χ2v) is 1.93. The van der Waals surface area contributed by atoms with E-state index < -0.39 is 0 Å². The summed E-state index contributed by atoms with van der Waals surface area (Å²) < 4.78 is 4.77. The van der Waals surface area contributed by atoms with Crippen molar-refractivity contribution in [3.05, 3.63) is 11.7 Å². The topological polar surface area (TPSA) is 59.2 Å². The lowest BCUT2D eigenvalue weighted by Crippen LogP contribution is -1.90. The van der Waals surface area contributed by atoms with Crippen LogP contribution in [0.2, 0.25) is 0 Å². The first-order valence-corrected chi connectivity index (χ1v) is 3.29. The van der Waals surface area contributed by atoms with Gasteiger partial charge in [0.25, 0.3) is 0 Å². The minimum atomic E-state index is 0.0609. The highest BCUT2D eigenvalue weighted by Gasteiger charge is 2.01. The molecule has 1 rings (SSSR count). The zero-order chi connectivity index (χ0) is 7.40. The molecule has 1 heterocycles. The van der Waals surface area contributed by atoms with Crippen LogP contribution in [0.25, 0.3) is 0 Å². The summed E-state index contributed by atoms with van der Waals surface area (Å²) in [6.07, 6.45) is 1.22. The molecule has 1 aromatic heterocycles. The van der Waals surface area contributed by atoms with Crippen LogP contribution in [0.5, 0.6) is 0 Å². The number of hydrogen-bond acceptors (Lipinski definition) is 4. The molecule has 0 saturated carbocycles. The van der Waals surface area contributed by atoms with Crippen molar-refractivity contribution < 1.29 is 9.63 Å². The Kier molecular flexibility index (Phi) is 2.39. The minimum Gasteiger partial charge on any atom is -0.396 e. The molecular formula is C6H10N2O2. The van der Waals surface area contributed by atoms with E-state index in [1.54, 1.807) is 0 Å². The van der Waals surface area contributed by atoms with E-state index in [4.69, 9.17) is 9.63 Å². The highest BCUT2D eigenvalue weighted by molar-refractivity contribution is 4.85. The van der Waals surface area contributed by atoms with Crippen molar-refractivity contribution in [2.24, 2.45) is 0 Å². The first kappa shape index (κ1) is 7.21. The van der Waals surface area contributed by atoms with Crippen LogP contribution < -0.4 is 0 Å². The average molecular weight is 142 g/mol. The van der Waals surface area contributed by atoms with Gasteiger partial charge in [-0.25, -0.2) is 0 Å². The fraction of sp³-hybridized carbons (Fsp3) is 0.667. The van der Waals surface area contributed by atoms with Gasteiger partial charge >= 0.3 is 0 Å². The van der Waals surface area contributed by atoms with Crippen LogP contribution in [0.15, 0.2) is 4.52 Å². The van der Waals surface area contributed by atoms with Gasteiger partial charge in [-0.05, 0) is 0 Å². The third-order valence-electron chi connectivity index (χ3n) is 1.15. The van der Waals surface area contributed by atoms with Gasteiger partial charge in [-0.1, -0.05) is 12.1 Å². The van der Waals surface area contributed by atoms with Crippen LogP contribution in [0.4, 0.5) is 0 Å². The standard InChI is InChI=1S/C6H10N2O2/c1-2-5-7-6(3-4-9)10-8-5/h9H,2-4H2,1H3. The molecule has 0 atom stereocenters. The minimum absolute atomic E-state index is 0.0609. The highest BCUT2D eigenvalue weighted by atomic mass is 16.5. The van der Waals surface area contributed by atoms with E-state index in [2.05, 4.69) is 10.1 Å². The predicted octanol–water partition coefficient (Wildman–Crippen LogP) is 0.167. The number of hydrogen-bond donors (Lipinski definition) is 1. The molecule has 0 aliphatic rings. The highest BCUT2D eigenvalue weighted by Crippen LogP contribution is 1.97. The Balaban J connectivity index is 2.59. The molecule has 0 fully saturated rings. The van der Waals surface area contributed by atoms with Gasteiger partial charge in [-0.2, -0.15) is 4.98 Å². The van der Waals surface area contributed by atoms with Crippen molar-refractivity contribution in [1.29, 1.82) is 0 Å². The number of rotatable bonds is 3. The fourth-order valence-electron chi connectivity index (χ4n) is 0.631. The number of aliphatic hydroxyl groups is 1. The summed E-state index contributed by atoms with van der Waals surface area (Å²) in [5.74, 6) is 1.21. The number of aliphatic hydroxyl groups excluding tert-OH is 1. The lowest BCUT2D eigenvalue weighted by atomic mass is 10.4. The molecule has 0 aromatic carbocycles. The molecule has 1 N–H and O–H groups in total. The van der Waals surface area contributed by atoms with Gasteiger partial charge in [0.05, 0.1) is 13.0 Å². The quantitative estimate of drug-likeness (QED) is 0.653. The molecule has 0 radical (unpaired) electrons. The van der Waals surface area contributed by atoms with Crippen LogP contribution in [0.3, 0.4) is 0 Å². The van der Waals surface area contributed by atoms with Crippen molar-refractivity contribution in [3.63, 3.8) is 0 Å². The molecule has 56 valence electrons. The summed E-state index contributed by atoms with van der Waals surface area (Å²) >= 11 is 0. The average Bonchev–Trinajstić information content (AvgIpc) is 2.37. The molecule has 0 aliphatic carbocycles. The molecular weight excluding hydrogens is 132 g/mol. The Morgan fingerprint density at radius 1 is 1.60 bits per heavy atom. The van der Waals surface area contributed by atoms with E-state index in [1.165, 1.54) is 0 Å². The van der Waals surface area contributed by atoms with Crippen LogP contribution in [-0.4, -0.2) is 21.9 Å². The monoisotopic (exact) mass is 142 g/mol. The molecule has 10 heavy (non-hydrogen) atoms. The van der Waals surface area contributed by atoms with E-state index in [9.17, 15) is 0 Å². The van der Waals surface area contributed by atoms with Crippen LogP contribution >= 0.6 is 0 Å². The SMILES string of the molecule is CCc1noc(CCO)n1. The summed E-state index contributed by atoms with van der Waals surface area (Å²) in [4.78, 5) is 3.98. The second-order valence-electron chi connectivity index (χ2n) is 1.93. The Morgan fingerprint density at radius 3 is 2.90 bits per heavy atom. The Morgan fingerprint density at radius 2 is 2.40 bits per heavy atom. The van der Waals surface area contributed by atoms with Crippen molar-refractivity contribution in [2.45, 2.75) is 19.8 Å². The zero-order valence-electron chi connectivity index (χ0n) is 5.87. The van der Waals surface area contributed by atoms with Gasteiger partial charge in [-0.15, -0.1) is 0 Å². The van der Waals surface area contributed by atoms with Gasteiger partial charge in [0, 0.05) is 6.42 Å². The molecule has 0 spiro atoms. The lowest BCUT2D eigenvalue weighted by molar-refractivity contribution is 0.274. The van der Waals surface area contributed by atoms with Gasteiger partial charge in [0.2, 0.25) is 5.89 Å². The maximum Gasteiger partial charge on any atom is 0.228 e. The van der Waals surface area contributed by atoms with Crippen molar-refractivity contribution in [1.82, 2.24) is 10.1 Å². The normalized spacial score (nSPS) is 10.2. The van der Waals surface area contributed by atoms with Gasteiger partial charge in [-0.3, -0.25) is 0 Å². The van der Waals surface area contributed by atoms with Gasteiger partial charge in [0.15, 0.2) is 5.82 Å². The summed E-state index contributed by atoms with van der Waals surface area (Å²) in [7, 11) is 0. The molecule has 0 bridgehead atoms. The largest absolute Gasteiger partial charge is 0.396 e. The van der Waals surface area contributed by atoms with E-state index in [1.807, 2.05) is 6.92 Å². The van der Waals surface area contributed by atoms with Crippen molar-refractivity contribution in [2.75, 3.05) is 6.61 Å². The Bertz CT molecular complexity index is 197. The summed E-state index contributed by atoms with van der Waals surface area (Å²) in [6.45, 7) is 2.01. The van der Waals surface area contributed by atoms with Crippen LogP contribution in [0, 0.1) is 0 Å². The first-order valence-electron chi connectivity index (χ1n) is 3.29. The second kappa shape index (κ2) is 3.31. The fourth-order valence-corrected chi connectivity index (χ4v) is 0.631. The predicted molar refractivity (Wildman–Crippen MR) is 34.5 cm³/mol. The van der Waals surface area contributed by atoms with Crippen molar-refractivity contribution in [3.8, 4) is 0 Å². The maximum atomic E-state index is 8.47.